The van der Waals surface area contributed by atoms with Crippen LogP contribution < -0.4 is 11.2 Å². The molecule has 3 unspecified atom stereocenters. The van der Waals surface area contributed by atoms with Gasteiger partial charge in [-0.2, -0.15) is 0 Å². The summed E-state index contributed by atoms with van der Waals surface area (Å²) in [6, 6.07) is 0.283. The Bertz CT molecular complexity index is 193. The number of nitrogens with two attached hydrogens (primary N) is 1. The number of rotatable bonds is 1. The fourth-order valence-electron chi connectivity index (χ4n) is 1.86. The summed E-state index contributed by atoms with van der Waals surface area (Å²) in [6.07, 6.45) is 3.35. The molecule has 0 aromatic carbocycles. The first-order valence-electron chi connectivity index (χ1n) is 4.87. The fourth-order valence-corrected chi connectivity index (χ4v) is 1.86. The lowest BCUT2D eigenvalue weighted by atomic mass is 9.79. The van der Waals surface area contributed by atoms with Crippen LogP contribution in [0.1, 0.15) is 33.1 Å². The monoisotopic (exact) mass is 185 g/mol. The Balaban J connectivity index is 2.46. The molecule has 13 heavy (non-hydrogen) atoms. The van der Waals surface area contributed by atoms with Crippen LogP contribution in [0, 0.1) is 11.8 Å². The zero-order valence-corrected chi connectivity index (χ0v) is 8.33. The molecule has 1 aliphatic rings. The summed E-state index contributed by atoms with van der Waals surface area (Å²) in [5.41, 5.74) is 7.24. The predicted octanol–water partition coefficient (Wildman–Crippen LogP) is 1.10. The van der Waals surface area contributed by atoms with E-state index in [9.17, 15) is 0 Å². The van der Waals surface area contributed by atoms with Crippen LogP contribution in [0.5, 0.6) is 0 Å². The zero-order valence-electron chi connectivity index (χ0n) is 8.33. The van der Waals surface area contributed by atoms with Crippen molar-refractivity contribution in [2.45, 2.75) is 39.2 Å². The summed E-state index contributed by atoms with van der Waals surface area (Å²) >= 11 is 0. The van der Waals surface area contributed by atoms with Crippen molar-refractivity contribution < 1.29 is 5.21 Å². The molecule has 1 aliphatic carbocycles. The highest BCUT2D eigenvalue weighted by Gasteiger charge is 2.24. The van der Waals surface area contributed by atoms with E-state index in [0.717, 1.165) is 18.8 Å². The van der Waals surface area contributed by atoms with Gasteiger partial charge in [0.25, 0.3) is 0 Å². The SMILES string of the molecule is CC1CCC(N=C(N)NO)CC1C. The third-order valence-corrected chi connectivity index (χ3v) is 3.01. The van der Waals surface area contributed by atoms with Gasteiger partial charge in [0.2, 0.25) is 5.96 Å². The minimum atomic E-state index is 0.131. The summed E-state index contributed by atoms with van der Waals surface area (Å²) in [5, 5.41) is 8.48. The van der Waals surface area contributed by atoms with Crippen molar-refractivity contribution in [2.24, 2.45) is 22.6 Å². The fraction of sp³-hybridized carbons (Fsp3) is 0.889. The molecule has 4 heteroatoms. The summed E-state index contributed by atoms with van der Waals surface area (Å²) in [7, 11) is 0. The van der Waals surface area contributed by atoms with Gasteiger partial charge < -0.3 is 5.73 Å². The van der Waals surface area contributed by atoms with Crippen LogP contribution in [0.4, 0.5) is 0 Å². The topological polar surface area (TPSA) is 70.6 Å². The molecule has 0 aromatic rings. The first-order valence-corrected chi connectivity index (χ1v) is 4.87. The Morgan fingerprint density at radius 2 is 2.08 bits per heavy atom. The lowest BCUT2D eigenvalue weighted by molar-refractivity contribution is 0.226. The Morgan fingerprint density at radius 1 is 1.38 bits per heavy atom. The van der Waals surface area contributed by atoms with Crippen LogP contribution in [0.25, 0.3) is 0 Å². The molecule has 1 rings (SSSR count). The van der Waals surface area contributed by atoms with Gasteiger partial charge in [0.15, 0.2) is 0 Å². The molecule has 0 radical (unpaired) electrons. The second-order valence-electron chi connectivity index (χ2n) is 4.05. The maximum atomic E-state index is 8.48. The quantitative estimate of drug-likeness (QED) is 0.325. The largest absolute Gasteiger partial charge is 0.368 e. The number of nitrogens with one attached hydrogen (secondary N) is 1. The molecule has 0 heterocycles. The summed E-state index contributed by atoms with van der Waals surface area (Å²) < 4.78 is 0. The Hall–Kier alpha value is -0.770. The molecule has 0 amide bonds. The van der Waals surface area contributed by atoms with Gasteiger partial charge in [-0.05, 0) is 31.1 Å². The zero-order chi connectivity index (χ0) is 9.84. The first-order chi connectivity index (χ1) is 6.13. The number of guanidine groups is 1. The number of hydroxylamine groups is 1. The van der Waals surface area contributed by atoms with Crippen molar-refractivity contribution in [3.63, 3.8) is 0 Å². The highest BCUT2D eigenvalue weighted by Crippen LogP contribution is 2.30. The van der Waals surface area contributed by atoms with Gasteiger partial charge in [0, 0.05) is 0 Å². The summed E-state index contributed by atoms with van der Waals surface area (Å²) in [6.45, 7) is 4.52. The van der Waals surface area contributed by atoms with E-state index in [4.69, 9.17) is 10.9 Å². The van der Waals surface area contributed by atoms with E-state index in [2.05, 4.69) is 18.8 Å². The molecule has 0 saturated heterocycles. The lowest BCUT2D eigenvalue weighted by Gasteiger charge is -2.29. The van der Waals surface area contributed by atoms with Crippen molar-refractivity contribution in [2.75, 3.05) is 0 Å². The standard InChI is InChI=1S/C9H19N3O/c1-6-3-4-8(5-7(6)2)11-9(10)12-13/h6-8,13H,3-5H2,1-2H3,(H3,10,11,12). The third-order valence-electron chi connectivity index (χ3n) is 3.01. The first kappa shape index (κ1) is 10.3. The second-order valence-corrected chi connectivity index (χ2v) is 4.05. The van der Waals surface area contributed by atoms with Crippen LogP contribution in [-0.4, -0.2) is 17.2 Å². The van der Waals surface area contributed by atoms with E-state index in [0.29, 0.717) is 5.92 Å². The maximum absolute atomic E-state index is 8.48. The van der Waals surface area contributed by atoms with E-state index in [1.807, 2.05) is 5.48 Å². The average Bonchev–Trinajstić information content (AvgIpc) is 2.11. The predicted molar refractivity (Wildman–Crippen MR) is 52.5 cm³/mol. The highest BCUT2D eigenvalue weighted by atomic mass is 16.5. The molecule has 4 nitrogen and oxygen atoms in total. The normalized spacial score (nSPS) is 35.9. The molecular weight excluding hydrogens is 166 g/mol. The lowest BCUT2D eigenvalue weighted by Crippen LogP contribution is -2.32. The van der Waals surface area contributed by atoms with Crippen molar-refractivity contribution >= 4 is 5.96 Å². The molecule has 0 aromatic heterocycles. The number of hydrogen-bond donors (Lipinski definition) is 3. The van der Waals surface area contributed by atoms with Crippen molar-refractivity contribution in [3.8, 4) is 0 Å². The van der Waals surface area contributed by atoms with E-state index in [1.165, 1.54) is 6.42 Å². The van der Waals surface area contributed by atoms with Gasteiger partial charge in [-0.3, -0.25) is 5.21 Å². The molecule has 0 bridgehead atoms. The number of aliphatic imine (C=N–C) groups is 1. The molecule has 76 valence electrons. The van der Waals surface area contributed by atoms with Gasteiger partial charge in [-0.25, -0.2) is 10.5 Å². The third kappa shape index (κ3) is 2.88. The van der Waals surface area contributed by atoms with Crippen LogP contribution in [-0.2, 0) is 0 Å². The van der Waals surface area contributed by atoms with Crippen LogP contribution in [0.2, 0.25) is 0 Å². The minimum absolute atomic E-state index is 0.131. The number of nitrogens with zero attached hydrogens (tertiary/aromatic N) is 1. The molecular formula is C9H19N3O. The summed E-state index contributed by atoms with van der Waals surface area (Å²) in [5.74, 6) is 1.62. The van der Waals surface area contributed by atoms with Crippen LogP contribution >= 0.6 is 0 Å². The molecule has 1 saturated carbocycles. The molecule has 0 spiro atoms. The highest BCUT2D eigenvalue weighted by molar-refractivity contribution is 5.76. The van der Waals surface area contributed by atoms with E-state index in [1.54, 1.807) is 0 Å². The van der Waals surface area contributed by atoms with Gasteiger partial charge in [0.1, 0.15) is 0 Å². The Labute approximate surface area is 79.2 Å². The molecule has 3 atom stereocenters. The molecule has 1 fully saturated rings. The molecule has 4 N–H and O–H groups in total. The van der Waals surface area contributed by atoms with Crippen molar-refractivity contribution in [3.05, 3.63) is 0 Å². The van der Waals surface area contributed by atoms with Gasteiger partial charge in [-0.1, -0.05) is 13.8 Å². The Kier molecular flexibility index (Phi) is 3.54. The maximum Gasteiger partial charge on any atom is 0.213 e. The van der Waals surface area contributed by atoms with E-state index in [-0.39, 0.29) is 12.0 Å². The number of hydrogen-bond acceptors (Lipinski definition) is 2. The van der Waals surface area contributed by atoms with Gasteiger partial charge in [0.05, 0.1) is 6.04 Å². The van der Waals surface area contributed by atoms with E-state index >= 15 is 0 Å². The summed E-state index contributed by atoms with van der Waals surface area (Å²) in [4.78, 5) is 4.17. The van der Waals surface area contributed by atoms with Gasteiger partial charge >= 0.3 is 0 Å². The van der Waals surface area contributed by atoms with Crippen LogP contribution in [0.15, 0.2) is 4.99 Å². The second kappa shape index (κ2) is 4.46. The smallest absolute Gasteiger partial charge is 0.213 e. The van der Waals surface area contributed by atoms with Gasteiger partial charge in [-0.15, -0.1) is 0 Å². The minimum Gasteiger partial charge on any atom is -0.368 e. The average molecular weight is 185 g/mol. The Morgan fingerprint density at radius 3 is 2.62 bits per heavy atom. The molecule has 0 aliphatic heterocycles. The van der Waals surface area contributed by atoms with Crippen molar-refractivity contribution in [1.82, 2.24) is 5.48 Å². The van der Waals surface area contributed by atoms with Crippen LogP contribution in [0.3, 0.4) is 0 Å². The van der Waals surface area contributed by atoms with Crippen molar-refractivity contribution in [1.29, 1.82) is 0 Å². The van der Waals surface area contributed by atoms with E-state index < -0.39 is 0 Å².